The predicted molar refractivity (Wildman–Crippen MR) is 94.9 cm³/mol. The van der Waals surface area contributed by atoms with Crippen molar-refractivity contribution < 1.29 is 8.78 Å². The Morgan fingerprint density at radius 3 is 2.61 bits per heavy atom. The minimum Gasteiger partial charge on any atom is -0.244 e. The Kier molecular flexibility index (Phi) is 6.85. The molecule has 2 rings (SSSR count). The molecule has 132 valence electrons. The van der Waals surface area contributed by atoms with E-state index in [9.17, 15) is 8.78 Å². The van der Waals surface area contributed by atoms with Crippen LogP contribution in [0.1, 0.15) is 72.6 Å². The summed E-state index contributed by atoms with van der Waals surface area (Å²) in [6.45, 7) is 8.62. The van der Waals surface area contributed by atoms with E-state index >= 15 is 0 Å². The molecule has 0 nitrogen and oxygen atoms in total. The van der Waals surface area contributed by atoms with Crippen LogP contribution >= 0.6 is 0 Å². The maximum absolute atomic E-state index is 14.8. The van der Waals surface area contributed by atoms with E-state index in [0.717, 1.165) is 50.5 Å². The van der Waals surface area contributed by atoms with E-state index in [1.807, 2.05) is 6.92 Å². The number of hydrogen-bond donors (Lipinski definition) is 0. The molecule has 2 aliphatic carbocycles. The van der Waals surface area contributed by atoms with E-state index in [1.165, 1.54) is 5.57 Å². The smallest absolute Gasteiger partial charge is 0.138 e. The Bertz CT molecular complexity index is 437. The molecule has 0 amide bonds. The van der Waals surface area contributed by atoms with Gasteiger partial charge in [-0.3, -0.25) is 0 Å². The highest BCUT2D eigenvalue weighted by Crippen LogP contribution is 2.43. The number of alkyl halides is 2. The lowest BCUT2D eigenvalue weighted by Gasteiger charge is -2.38. The highest BCUT2D eigenvalue weighted by molar-refractivity contribution is 5.18. The van der Waals surface area contributed by atoms with E-state index < -0.39 is 12.3 Å². The van der Waals surface area contributed by atoms with Gasteiger partial charge >= 0.3 is 0 Å². The van der Waals surface area contributed by atoms with Gasteiger partial charge in [-0.05, 0) is 57.3 Å². The molecule has 6 unspecified atom stereocenters. The van der Waals surface area contributed by atoms with E-state index in [4.69, 9.17) is 0 Å². The van der Waals surface area contributed by atoms with E-state index in [-0.39, 0.29) is 11.8 Å². The molecule has 0 saturated heterocycles. The number of halogens is 2. The maximum atomic E-state index is 14.8. The first-order chi connectivity index (χ1) is 10.9. The first-order valence-electron chi connectivity index (χ1n) is 9.57. The number of hydrogen-bond acceptors (Lipinski definition) is 0. The predicted octanol–water partition coefficient (Wildman–Crippen LogP) is 6.82. The van der Waals surface area contributed by atoms with Crippen molar-refractivity contribution in [1.29, 1.82) is 0 Å². The van der Waals surface area contributed by atoms with Gasteiger partial charge in [0.2, 0.25) is 0 Å². The second-order valence-corrected chi connectivity index (χ2v) is 8.04. The molecular weight excluding hydrogens is 290 g/mol. The third-order valence-corrected chi connectivity index (χ3v) is 6.17. The molecule has 1 fully saturated rings. The van der Waals surface area contributed by atoms with Crippen LogP contribution in [-0.2, 0) is 0 Å². The Balaban J connectivity index is 1.99. The zero-order valence-corrected chi connectivity index (χ0v) is 15.3. The average molecular weight is 324 g/mol. The van der Waals surface area contributed by atoms with Gasteiger partial charge in [0.1, 0.15) is 12.3 Å². The summed E-state index contributed by atoms with van der Waals surface area (Å²) in [7, 11) is 0. The van der Waals surface area contributed by atoms with E-state index in [1.54, 1.807) is 0 Å². The molecule has 0 spiro atoms. The van der Waals surface area contributed by atoms with Crippen molar-refractivity contribution in [2.24, 2.45) is 23.7 Å². The summed E-state index contributed by atoms with van der Waals surface area (Å²) >= 11 is 0. The van der Waals surface area contributed by atoms with Crippen molar-refractivity contribution in [1.82, 2.24) is 0 Å². The van der Waals surface area contributed by atoms with Crippen molar-refractivity contribution in [2.45, 2.75) is 85.0 Å². The molecule has 0 aromatic heterocycles. The van der Waals surface area contributed by atoms with Gasteiger partial charge in [-0.2, -0.15) is 0 Å². The molecule has 0 N–H and O–H groups in total. The van der Waals surface area contributed by atoms with Crippen molar-refractivity contribution >= 4 is 0 Å². The van der Waals surface area contributed by atoms with Gasteiger partial charge in [0, 0.05) is 11.8 Å². The van der Waals surface area contributed by atoms with Crippen molar-refractivity contribution in [3.8, 4) is 0 Å². The molecule has 2 heteroatoms. The van der Waals surface area contributed by atoms with Crippen molar-refractivity contribution in [3.05, 3.63) is 23.3 Å². The normalized spacial score (nSPS) is 37.4. The highest BCUT2D eigenvalue weighted by atomic mass is 19.2. The summed E-state index contributed by atoms with van der Waals surface area (Å²) in [5, 5.41) is 0. The summed E-state index contributed by atoms with van der Waals surface area (Å²) in [5.41, 5.74) is 2.25. The Labute approximate surface area is 141 Å². The lowest BCUT2D eigenvalue weighted by atomic mass is 9.71. The fourth-order valence-electron chi connectivity index (χ4n) is 4.02. The SMILES string of the molecule is CCC(C)C/C=C(\C)C1CCC(C2=CCC(C)CC2)C(F)C1F. The highest BCUT2D eigenvalue weighted by Gasteiger charge is 2.42. The first kappa shape index (κ1) is 18.7. The molecule has 0 aromatic carbocycles. The minimum atomic E-state index is -1.33. The average Bonchev–Trinajstić information content (AvgIpc) is 2.55. The Hall–Kier alpha value is -0.660. The van der Waals surface area contributed by atoms with Crippen LogP contribution in [0.5, 0.6) is 0 Å². The second kappa shape index (κ2) is 8.44. The fraction of sp³-hybridized carbons (Fsp3) is 0.810. The van der Waals surface area contributed by atoms with Gasteiger partial charge < -0.3 is 0 Å². The number of rotatable bonds is 5. The van der Waals surface area contributed by atoms with E-state index in [2.05, 4.69) is 32.9 Å². The maximum Gasteiger partial charge on any atom is 0.138 e. The summed E-state index contributed by atoms with van der Waals surface area (Å²) in [5.74, 6) is 0.930. The van der Waals surface area contributed by atoms with Gasteiger partial charge in [0.25, 0.3) is 0 Å². The second-order valence-electron chi connectivity index (χ2n) is 8.04. The van der Waals surface area contributed by atoms with Crippen LogP contribution in [0.25, 0.3) is 0 Å². The molecule has 0 radical (unpaired) electrons. The summed E-state index contributed by atoms with van der Waals surface area (Å²) in [4.78, 5) is 0. The van der Waals surface area contributed by atoms with Crippen LogP contribution in [0, 0.1) is 23.7 Å². The van der Waals surface area contributed by atoms with Gasteiger partial charge in [-0.15, -0.1) is 0 Å². The van der Waals surface area contributed by atoms with Gasteiger partial charge in [0.15, 0.2) is 0 Å². The first-order valence-corrected chi connectivity index (χ1v) is 9.57. The van der Waals surface area contributed by atoms with E-state index in [0.29, 0.717) is 11.8 Å². The molecule has 0 aromatic rings. The van der Waals surface area contributed by atoms with Crippen LogP contribution in [0.3, 0.4) is 0 Å². The topological polar surface area (TPSA) is 0 Å². The largest absolute Gasteiger partial charge is 0.244 e. The zero-order valence-electron chi connectivity index (χ0n) is 15.3. The van der Waals surface area contributed by atoms with Crippen molar-refractivity contribution in [2.75, 3.05) is 0 Å². The Morgan fingerprint density at radius 2 is 2.00 bits per heavy atom. The minimum absolute atomic E-state index is 0.170. The lowest BCUT2D eigenvalue weighted by Crippen LogP contribution is -2.39. The van der Waals surface area contributed by atoms with Crippen LogP contribution in [0.4, 0.5) is 8.78 Å². The van der Waals surface area contributed by atoms with Gasteiger partial charge in [-0.25, -0.2) is 8.78 Å². The zero-order chi connectivity index (χ0) is 17.0. The molecule has 1 saturated carbocycles. The molecular formula is C21H34F2. The molecule has 0 bridgehead atoms. The van der Waals surface area contributed by atoms with Gasteiger partial charge in [-0.1, -0.05) is 50.5 Å². The monoisotopic (exact) mass is 324 g/mol. The van der Waals surface area contributed by atoms with Gasteiger partial charge in [0.05, 0.1) is 0 Å². The molecule has 2 aliphatic rings. The quantitative estimate of drug-likeness (QED) is 0.487. The van der Waals surface area contributed by atoms with Crippen LogP contribution in [-0.4, -0.2) is 12.3 Å². The molecule has 0 heterocycles. The summed E-state index contributed by atoms with van der Waals surface area (Å²) in [6.07, 6.45) is 8.54. The third-order valence-electron chi connectivity index (χ3n) is 6.17. The van der Waals surface area contributed by atoms with Crippen molar-refractivity contribution in [3.63, 3.8) is 0 Å². The fourth-order valence-corrected chi connectivity index (χ4v) is 4.02. The van der Waals surface area contributed by atoms with Crippen LogP contribution in [0.2, 0.25) is 0 Å². The van der Waals surface area contributed by atoms with Crippen LogP contribution in [0.15, 0.2) is 23.3 Å². The lowest BCUT2D eigenvalue weighted by molar-refractivity contribution is 0.0470. The third kappa shape index (κ3) is 4.67. The molecule has 0 aliphatic heterocycles. The summed E-state index contributed by atoms with van der Waals surface area (Å²) in [6, 6.07) is 0. The molecule has 6 atom stereocenters. The van der Waals surface area contributed by atoms with Crippen LogP contribution < -0.4 is 0 Å². The summed E-state index contributed by atoms with van der Waals surface area (Å²) < 4.78 is 29.5. The molecule has 23 heavy (non-hydrogen) atoms. The standard InChI is InChI=1S/C21H34F2/c1-5-14(2)6-9-16(4)18-12-13-19(21(23)20(18)22)17-10-7-15(3)8-11-17/h9-10,14-15,18-21H,5-8,11-13H2,1-4H3/b16-9+. The Morgan fingerprint density at radius 1 is 1.26 bits per heavy atom. The number of allylic oxidation sites excluding steroid dienone is 4.